The number of β-amino-alcohol motifs (C(OH)–C–C–N with tert-alkyl or cyclic N) is 1. The topological polar surface area (TPSA) is 88.7 Å². The van der Waals surface area contributed by atoms with Crippen molar-refractivity contribution in [2.75, 3.05) is 19.6 Å². The molecule has 2 N–H and O–H groups in total. The maximum absolute atomic E-state index is 12.4. The van der Waals surface area contributed by atoms with E-state index in [4.69, 9.17) is 16.9 Å². The standard InChI is InChI=1S/C15H15ClN4O2S/c16-10-4-2-1-3-9(10)15-18-5-13(23-15)14(22)19-11-6-20(8-17)7-12(11)21/h1-4,11-13,21H,5-7H2,(H,19,22)/t11?,12-,13?/m0/s1. The van der Waals surface area contributed by atoms with Gasteiger partial charge in [-0.3, -0.25) is 9.79 Å². The van der Waals surface area contributed by atoms with Crippen molar-refractivity contribution in [2.45, 2.75) is 17.4 Å². The molecule has 0 saturated carbocycles. The van der Waals surface area contributed by atoms with Gasteiger partial charge in [-0.15, -0.1) is 0 Å². The average molecular weight is 351 g/mol. The summed E-state index contributed by atoms with van der Waals surface area (Å²) in [4.78, 5) is 18.2. The van der Waals surface area contributed by atoms with Crippen LogP contribution in [0.5, 0.6) is 0 Å². The van der Waals surface area contributed by atoms with Crippen LogP contribution >= 0.6 is 23.4 Å². The molecule has 23 heavy (non-hydrogen) atoms. The second-order valence-corrected chi connectivity index (χ2v) is 7.02. The highest BCUT2D eigenvalue weighted by Gasteiger charge is 2.35. The Hall–Kier alpha value is -1.75. The molecule has 0 aliphatic carbocycles. The zero-order valence-corrected chi connectivity index (χ0v) is 13.7. The van der Waals surface area contributed by atoms with Crippen molar-refractivity contribution >= 4 is 34.3 Å². The number of amides is 1. The fraction of sp³-hybridized carbons (Fsp3) is 0.400. The third-order valence-electron chi connectivity index (χ3n) is 3.81. The molecule has 1 amide bonds. The first-order valence-electron chi connectivity index (χ1n) is 7.17. The quantitative estimate of drug-likeness (QED) is 0.789. The fourth-order valence-corrected chi connectivity index (χ4v) is 3.91. The maximum atomic E-state index is 12.4. The van der Waals surface area contributed by atoms with Crippen molar-refractivity contribution in [3.05, 3.63) is 34.9 Å². The molecular weight excluding hydrogens is 336 g/mol. The molecule has 1 aromatic carbocycles. The highest BCUT2D eigenvalue weighted by atomic mass is 35.5. The van der Waals surface area contributed by atoms with E-state index in [-0.39, 0.29) is 17.7 Å². The van der Waals surface area contributed by atoms with Gasteiger partial charge in [-0.25, -0.2) is 0 Å². The van der Waals surface area contributed by atoms with E-state index in [9.17, 15) is 9.90 Å². The van der Waals surface area contributed by atoms with Crippen molar-refractivity contribution in [2.24, 2.45) is 4.99 Å². The van der Waals surface area contributed by atoms with Gasteiger partial charge < -0.3 is 15.3 Å². The van der Waals surface area contributed by atoms with E-state index in [1.165, 1.54) is 16.7 Å². The lowest BCUT2D eigenvalue weighted by Crippen LogP contribution is -2.46. The van der Waals surface area contributed by atoms with Gasteiger partial charge in [0.2, 0.25) is 5.91 Å². The van der Waals surface area contributed by atoms with E-state index in [1.54, 1.807) is 6.07 Å². The third kappa shape index (κ3) is 3.44. The number of aliphatic imine (C=N–C) groups is 1. The van der Waals surface area contributed by atoms with E-state index in [0.29, 0.717) is 18.1 Å². The summed E-state index contributed by atoms with van der Waals surface area (Å²) in [5.74, 6) is -0.176. The van der Waals surface area contributed by atoms with Crippen LogP contribution in [-0.2, 0) is 4.79 Å². The first-order valence-corrected chi connectivity index (χ1v) is 8.43. The molecule has 1 fully saturated rings. The molecule has 3 rings (SSSR count). The molecule has 1 saturated heterocycles. The zero-order valence-electron chi connectivity index (χ0n) is 12.1. The number of rotatable bonds is 3. The molecule has 8 heteroatoms. The molecule has 0 radical (unpaired) electrons. The predicted octanol–water partition coefficient (Wildman–Crippen LogP) is 0.844. The van der Waals surface area contributed by atoms with Gasteiger partial charge in [0.05, 0.1) is 36.8 Å². The second kappa shape index (κ2) is 6.79. The van der Waals surface area contributed by atoms with Crippen LogP contribution in [0.4, 0.5) is 0 Å². The van der Waals surface area contributed by atoms with E-state index in [0.717, 1.165) is 10.6 Å². The normalized spacial score (nSPS) is 26.7. The SMILES string of the molecule is N#CN1CC(NC(=O)C2CN=C(c3ccccc3Cl)S2)[C@@H](O)C1. The molecule has 0 aromatic heterocycles. The van der Waals surface area contributed by atoms with Crippen molar-refractivity contribution in [1.29, 1.82) is 5.26 Å². The number of nitriles is 1. The van der Waals surface area contributed by atoms with Crippen molar-refractivity contribution in [3.8, 4) is 6.19 Å². The number of benzene rings is 1. The highest BCUT2D eigenvalue weighted by molar-refractivity contribution is 8.15. The van der Waals surface area contributed by atoms with Crippen molar-refractivity contribution in [1.82, 2.24) is 10.2 Å². The van der Waals surface area contributed by atoms with Gasteiger partial charge in [-0.05, 0) is 6.07 Å². The minimum atomic E-state index is -0.728. The number of hydrogen-bond acceptors (Lipinski definition) is 6. The van der Waals surface area contributed by atoms with E-state index in [1.807, 2.05) is 24.4 Å². The number of halogens is 1. The zero-order chi connectivity index (χ0) is 16.4. The van der Waals surface area contributed by atoms with Gasteiger partial charge in [-0.1, -0.05) is 41.6 Å². The Balaban J connectivity index is 1.59. The average Bonchev–Trinajstić information content (AvgIpc) is 3.15. The molecule has 3 atom stereocenters. The second-order valence-electron chi connectivity index (χ2n) is 5.42. The third-order valence-corrected chi connectivity index (χ3v) is 5.36. The number of nitrogens with zero attached hydrogens (tertiary/aromatic N) is 3. The summed E-state index contributed by atoms with van der Waals surface area (Å²) < 4.78 is 0. The Kier molecular flexibility index (Phi) is 4.76. The minimum absolute atomic E-state index is 0.176. The molecule has 0 spiro atoms. The number of thioether (sulfide) groups is 1. The Labute approximate surface area is 143 Å². The van der Waals surface area contributed by atoms with Gasteiger partial charge in [0.1, 0.15) is 10.3 Å². The lowest BCUT2D eigenvalue weighted by molar-refractivity contribution is -0.121. The molecule has 6 nitrogen and oxygen atoms in total. The lowest BCUT2D eigenvalue weighted by Gasteiger charge is -2.17. The summed E-state index contributed by atoms with van der Waals surface area (Å²) in [7, 11) is 0. The van der Waals surface area contributed by atoms with Crippen LogP contribution in [0.15, 0.2) is 29.3 Å². The van der Waals surface area contributed by atoms with Crippen LogP contribution in [0.1, 0.15) is 5.56 Å². The molecule has 2 heterocycles. The summed E-state index contributed by atoms with van der Waals surface area (Å²) in [6.07, 6.45) is 1.25. The smallest absolute Gasteiger partial charge is 0.235 e. The van der Waals surface area contributed by atoms with Crippen molar-refractivity contribution < 1.29 is 9.90 Å². The number of aliphatic hydroxyl groups is 1. The molecule has 0 bridgehead atoms. The van der Waals surface area contributed by atoms with Crippen molar-refractivity contribution in [3.63, 3.8) is 0 Å². The number of carbonyl (C=O) groups excluding carboxylic acids is 1. The molecule has 2 aliphatic rings. The summed E-state index contributed by atoms with van der Waals surface area (Å²) in [5.41, 5.74) is 0.825. The molecule has 120 valence electrons. The Bertz CT molecular complexity index is 690. The van der Waals surface area contributed by atoms with Crippen LogP contribution in [0.2, 0.25) is 5.02 Å². The first kappa shape index (κ1) is 16.1. The van der Waals surface area contributed by atoms with Crippen LogP contribution in [0, 0.1) is 11.5 Å². The van der Waals surface area contributed by atoms with Crippen LogP contribution in [0.25, 0.3) is 0 Å². The Morgan fingerprint density at radius 1 is 1.48 bits per heavy atom. The summed E-state index contributed by atoms with van der Waals surface area (Å²) in [6.45, 7) is 0.960. The molecule has 2 unspecified atom stereocenters. The van der Waals surface area contributed by atoms with Gasteiger partial charge in [0.25, 0.3) is 0 Å². The monoisotopic (exact) mass is 350 g/mol. The number of hydrogen-bond donors (Lipinski definition) is 2. The summed E-state index contributed by atoms with van der Waals surface area (Å²) in [6, 6.07) is 6.97. The number of aliphatic hydroxyl groups excluding tert-OH is 1. The first-order chi connectivity index (χ1) is 11.1. The molecule has 2 aliphatic heterocycles. The molecule has 1 aromatic rings. The van der Waals surface area contributed by atoms with E-state index in [2.05, 4.69) is 10.3 Å². The van der Waals surface area contributed by atoms with Gasteiger partial charge in [-0.2, -0.15) is 5.26 Å². The fourth-order valence-electron chi connectivity index (χ4n) is 2.58. The number of likely N-dealkylation sites (tertiary alicyclic amines) is 1. The number of carbonyl (C=O) groups is 1. The summed E-state index contributed by atoms with van der Waals surface area (Å²) in [5, 5.41) is 22.6. The Morgan fingerprint density at radius 2 is 2.26 bits per heavy atom. The van der Waals surface area contributed by atoms with Gasteiger partial charge in [0.15, 0.2) is 6.19 Å². The number of nitrogens with one attached hydrogen (secondary N) is 1. The van der Waals surface area contributed by atoms with Gasteiger partial charge >= 0.3 is 0 Å². The largest absolute Gasteiger partial charge is 0.389 e. The maximum Gasteiger partial charge on any atom is 0.235 e. The van der Waals surface area contributed by atoms with Crippen LogP contribution in [0.3, 0.4) is 0 Å². The summed E-state index contributed by atoms with van der Waals surface area (Å²) >= 11 is 7.53. The minimum Gasteiger partial charge on any atom is -0.389 e. The lowest BCUT2D eigenvalue weighted by atomic mass is 10.2. The van der Waals surface area contributed by atoms with E-state index >= 15 is 0 Å². The van der Waals surface area contributed by atoms with Crippen LogP contribution in [-0.4, -0.2) is 58.0 Å². The Morgan fingerprint density at radius 3 is 2.96 bits per heavy atom. The predicted molar refractivity (Wildman–Crippen MR) is 89.4 cm³/mol. The van der Waals surface area contributed by atoms with Crippen LogP contribution < -0.4 is 5.32 Å². The molecular formula is C15H15ClN4O2S. The van der Waals surface area contributed by atoms with E-state index < -0.39 is 12.1 Å². The highest BCUT2D eigenvalue weighted by Crippen LogP contribution is 2.29. The van der Waals surface area contributed by atoms with Gasteiger partial charge in [0, 0.05) is 5.56 Å².